The van der Waals surface area contributed by atoms with Crippen LogP contribution >= 0.6 is 0 Å². The fourth-order valence-corrected chi connectivity index (χ4v) is 2.78. The quantitative estimate of drug-likeness (QED) is 0.571. The third-order valence-corrected chi connectivity index (χ3v) is 4.25. The van der Waals surface area contributed by atoms with Crippen molar-refractivity contribution in [2.75, 3.05) is 5.32 Å². The van der Waals surface area contributed by atoms with Gasteiger partial charge in [0, 0.05) is 31.6 Å². The minimum Gasteiger partial charge on any atom is -0.410 e. The van der Waals surface area contributed by atoms with Gasteiger partial charge >= 0.3 is 22.4 Å². The predicted molar refractivity (Wildman–Crippen MR) is 107 cm³/mol. The van der Waals surface area contributed by atoms with Crippen LogP contribution in [0.25, 0.3) is 0 Å². The molecule has 0 atom stereocenters. The van der Waals surface area contributed by atoms with Crippen LogP contribution in [0, 0.1) is 12.7 Å². The lowest BCUT2D eigenvalue weighted by atomic mass is 10.2. The van der Waals surface area contributed by atoms with Gasteiger partial charge in [0.05, 0.1) is 0 Å². The third kappa shape index (κ3) is 7.97. The number of ether oxygens (including phenoxy) is 2. The van der Waals surface area contributed by atoms with Gasteiger partial charge in [-0.2, -0.15) is 13.1 Å². The van der Waals surface area contributed by atoms with Gasteiger partial charge < -0.3 is 9.47 Å². The first-order valence-electron chi connectivity index (χ1n) is 8.61. The molecule has 11 heteroatoms. The molecule has 0 spiro atoms. The van der Waals surface area contributed by atoms with Gasteiger partial charge in [0.25, 0.3) is 0 Å². The van der Waals surface area contributed by atoms with E-state index in [0.29, 0.717) is 5.75 Å². The second kappa shape index (κ2) is 9.46. The lowest BCUT2D eigenvalue weighted by Gasteiger charge is -2.14. The molecule has 2 rings (SSSR count). The van der Waals surface area contributed by atoms with Crippen LogP contribution in [-0.2, 0) is 21.5 Å². The largest absolute Gasteiger partial charge is 0.425 e. The standard InChI is InChI=1S/C19H20FN3O6S/c1-19(2,3)29-18(25)23-30(26,27)21-12-13-9-10-14(11-16(13)20)22-17(24)28-15-7-5-4-6-8-15/h4-11,21H,1,12H2,2-3H3,(H-,22,23,24,25)/p+1. The summed E-state index contributed by atoms with van der Waals surface area (Å²) in [6.45, 7) is 5.99. The number of carbonyl (C=O) groups is 2. The van der Waals surface area contributed by atoms with Crippen LogP contribution in [-0.4, -0.2) is 26.2 Å². The van der Waals surface area contributed by atoms with Crippen molar-refractivity contribution in [1.29, 1.82) is 0 Å². The van der Waals surface area contributed by atoms with Crippen LogP contribution < -0.4 is 19.5 Å². The van der Waals surface area contributed by atoms with Gasteiger partial charge in [-0.15, -0.1) is 0 Å². The number of hydrogen-bond donors (Lipinski definition) is 3. The minimum absolute atomic E-state index is 0.0202. The van der Waals surface area contributed by atoms with Crippen LogP contribution in [0.3, 0.4) is 0 Å². The topological polar surface area (TPSA) is 123 Å². The molecule has 2 amide bonds. The number of carbonyl (C=O) groups excluding carboxylic acids is 2. The monoisotopic (exact) mass is 438 g/mol. The van der Waals surface area contributed by atoms with Crippen LogP contribution in [0.2, 0.25) is 0 Å². The fourth-order valence-electron chi connectivity index (χ4n) is 2.10. The summed E-state index contributed by atoms with van der Waals surface area (Å²) in [6.07, 6.45) is -2.04. The highest BCUT2D eigenvalue weighted by molar-refractivity contribution is 7.88. The first-order chi connectivity index (χ1) is 13.9. The maximum atomic E-state index is 14.2. The molecule has 160 valence electrons. The zero-order valence-electron chi connectivity index (χ0n) is 16.3. The molecule has 0 bridgehead atoms. The van der Waals surface area contributed by atoms with E-state index in [-0.39, 0.29) is 11.3 Å². The van der Waals surface area contributed by atoms with E-state index in [2.05, 4.69) is 12.2 Å². The molecular weight excluding hydrogens is 417 g/mol. The Labute approximate surface area is 173 Å². The summed E-state index contributed by atoms with van der Waals surface area (Å²) in [6, 6.07) is 11.9. The predicted octanol–water partition coefficient (Wildman–Crippen LogP) is 3.11. The molecule has 30 heavy (non-hydrogen) atoms. The van der Waals surface area contributed by atoms with E-state index in [1.807, 2.05) is 4.72 Å². The Morgan fingerprint density at radius 2 is 1.77 bits per heavy atom. The average Bonchev–Trinajstić information content (AvgIpc) is 2.59. The van der Waals surface area contributed by atoms with E-state index in [0.717, 1.165) is 6.07 Å². The molecule has 9 nitrogen and oxygen atoms in total. The summed E-state index contributed by atoms with van der Waals surface area (Å²) in [5, 5.41) is 2.36. The molecule has 0 unspecified atom stereocenters. The van der Waals surface area contributed by atoms with Crippen molar-refractivity contribution in [3.63, 3.8) is 0 Å². The van der Waals surface area contributed by atoms with Crippen molar-refractivity contribution in [3.05, 3.63) is 66.8 Å². The fraction of sp³-hybridized carbons (Fsp3) is 0.211. The molecule has 0 aliphatic heterocycles. The molecule has 0 aliphatic rings. The van der Waals surface area contributed by atoms with E-state index in [9.17, 15) is 22.4 Å². The molecule has 0 aliphatic carbocycles. The lowest BCUT2D eigenvalue weighted by Crippen LogP contribution is -2.42. The Morgan fingerprint density at radius 1 is 1.10 bits per heavy atom. The van der Waals surface area contributed by atoms with Crippen LogP contribution in [0.4, 0.5) is 19.7 Å². The Balaban J connectivity index is 1.92. The van der Waals surface area contributed by atoms with Gasteiger partial charge in [-0.05, 0) is 24.3 Å². The van der Waals surface area contributed by atoms with Crippen molar-refractivity contribution in [3.8, 4) is 5.75 Å². The molecule has 0 heterocycles. The van der Waals surface area contributed by atoms with Gasteiger partial charge in [0.15, 0.2) is 0 Å². The molecular formula is C19H21FN3O6S+. The molecule has 3 N–H and O–H groups in total. The maximum Gasteiger partial charge on any atom is 0.425 e. The first kappa shape index (κ1) is 23.0. The number of benzene rings is 2. The van der Waals surface area contributed by atoms with Crippen LogP contribution in [0.1, 0.15) is 19.4 Å². The Morgan fingerprint density at radius 3 is 2.37 bits per heavy atom. The minimum atomic E-state index is -4.29. The Hall–Kier alpha value is -3.31. The maximum absolute atomic E-state index is 14.2. The molecule has 0 fully saturated rings. The zero-order valence-corrected chi connectivity index (χ0v) is 17.1. The van der Waals surface area contributed by atoms with Crippen molar-refractivity contribution in [2.45, 2.75) is 26.0 Å². The Kier molecular flexibility index (Phi) is 7.24. The normalized spacial score (nSPS) is 11.4. The number of anilines is 1. The van der Waals surface area contributed by atoms with Gasteiger partial charge in [0.1, 0.15) is 18.5 Å². The second-order valence-electron chi connectivity index (χ2n) is 6.71. The summed E-state index contributed by atoms with van der Waals surface area (Å²) >= 11 is 0. The van der Waals surface area contributed by atoms with Gasteiger partial charge in [0.2, 0.25) is 5.60 Å². The number of para-hydroxylation sites is 1. The van der Waals surface area contributed by atoms with E-state index < -0.39 is 40.4 Å². The summed E-state index contributed by atoms with van der Waals surface area (Å²) < 4.78 is 51.4. The second-order valence-corrected chi connectivity index (χ2v) is 8.21. The highest BCUT2D eigenvalue weighted by Gasteiger charge is 2.26. The van der Waals surface area contributed by atoms with Crippen molar-refractivity contribution in [2.24, 2.45) is 0 Å². The molecule has 0 aromatic heterocycles. The van der Waals surface area contributed by atoms with E-state index in [1.165, 1.54) is 26.0 Å². The Bertz CT molecular complexity index is 1010. The summed E-state index contributed by atoms with van der Waals surface area (Å²) in [5.41, 5.74) is -1.04. The van der Waals surface area contributed by atoms with Crippen molar-refractivity contribution in [1.82, 2.24) is 9.44 Å². The number of hydrogen-bond acceptors (Lipinski definition) is 6. The smallest absolute Gasteiger partial charge is 0.410 e. The number of amides is 2. The van der Waals surface area contributed by atoms with E-state index in [1.54, 1.807) is 35.1 Å². The molecule has 0 radical (unpaired) electrons. The highest BCUT2D eigenvalue weighted by atomic mass is 32.2. The third-order valence-electron chi connectivity index (χ3n) is 3.29. The van der Waals surface area contributed by atoms with Crippen molar-refractivity contribution < 1.29 is 31.9 Å². The van der Waals surface area contributed by atoms with E-state index >= 15 is 0 Å². The van der Waals surface area contributed by atoms with Gasteiger partial charge in [-0.1, -0.05) is 24.3 Å². The SMILES string of the molecule is [CH2+]C(C)(C)OC(=O)NS(=O)(=O)NCc1ccc(NC(=O)Oc2ccccc2)cc1F. The molecule has 2 aromatic rings. The van der Waals surface area contributed by atoms with Crippen molar-refractivity contribution >= 4 is 28.1 Å². The molecule has 0 saturated carbocycles. The van der Waals surface area contributed by atoms with Gasteiger partial charge in [-0.25, -0.2) is 18.7 Å². The molecule has 0 saturated heterocycles. The number of rotatable bonds is 7. The van der Waals surface area contributed by atoms with Gasteiger partial charge in [-0.3, -0.25) is 5.32 Å². The molecule has 2 aromatic carbocycles. The average molecular weight is 438 g/mol. The van der Waals surface area contributed by atoms with Crippen LogP contribution in [0.5, 0.6) is 5.75 Å². The highest BCUT2D eigenvalue weighted by Crippen LogP contribution is 2.16. The van der Waals surface area contributed by atoms with E-state index in [4.69, 9.17) is 9.47 Å². The summed E-state index contributed by atoms with van der Waals surface area (Å²) in [7, 11) is -4.29. The first-order valence-corrected chi connectivity index (χ1v) is 10.1. The summed E-state index contributed by atoms with van der Waals surface area (Å²) in [5.74, 6) is -0.466. The van der Waals surface area contributed by atoms with Crippen LogP contribution in [0.15, 0.2) is 48.5 Å². The lowest BCUT2D eigenvalue weighted by molar-refractivity contribution is 0.0749. The number of nitrogens with one attached hydrogen (secondary N) is 3. The zero-order chi connectivity index (χ0) is 22.4. The number of halogens is 1. The summed E-state index contributed by atoms with van der Waals surface area (Å²) in [4.78, 5) is 23.3.